The Bertz CT molecular complexity index is 180. The van der Waals surface area contributed by atoms with Crippen LogP contribution in [0.25, 0.3) is 0 Å². The van der Waals surface area contributed by atoms with Crippen molar-refractivity contribution in [2.45, 2.75) is 5.03 Å². The average molecular weight is 175 g/mol. The lowest BCUT2D eigenvalue weighted by atomic mass is 10.7. The molecule has 0 saturated carbocycles. The van der Waals surface area contributed by atoms with Crippen molar-refractivity contribution >= 4 is 23.4 Å². The maximum Gasteiger partial charge on any atom is 0.116 e. The summed E-state index contributed by atoms with van der Waals surface area (Å²) in [6.45, 7) is 0. The molecule has 1 heterocycles. The van der Waals surface area contributed by atoms with Gasteiger partial charge in [-0.2, -0.15) is 0 Å². The van der Waals surface area contributed by atoms with Crippen molar-refractivity contribution in [3.8, 4) is 0 Å². The van der Waals surface area contributed by atoms with Gasteiger partial charge in [0, 0.05) is 17.8 Å². The second-order valence-electron chi connectivity index (χ2n) is 1.59. The van der Waals surface area contributed by atoms with E-state index in [0.29, 0.717) is 5.88 Å². The van der Waals surface area contributed by atoms with Crippen LogP contribution in [0.15, 0.2) is 23.6 Å². The molecule has 1 aromatic heterocycles. The van der Waals surface area contributed by atoms with Crippen LogP contribution in [0.5, 0.6) is 0 Å². The molecule has 10 heavy (non-hydrogen) atoms. The summed E-state index contributed by atoms with van der Waals surface area (Å²) >= 11 is 7.12. The number of aromatic nitrogens is 2. The summed E-state index contributed by atoms with van der Waals surface area (Å²) in [5, 5.41) is 0.982. The maximum atomic E-state index is 5.49. The Balaban J connectivity index is 2.43. The van der Waals surface area contributed by atoms with Gasteiger partial charge in [0.2, 0.25) is 0 Å². The lowest BCUT2D eigenvalue weighted by Crippen LogP contribution is -1.83. The van der Waals surface area contributed by atoms with Crippen molar-refractivity contribution in [2.24, 2.45) is 0 Å². The second kappa shape index (κ2) is 4.52. The molecule has 1 aromatic rings. The van der Waals surface area contributed by atoms with Gasteiger partial charge in [0.15, 0.2) is 0 Å². The monoisotopic (exact) mass is 174 g/mol. The third-order valence-electron chi connectivity index (χ3n) is 0.882. The number of rotatable bonds is 3. The zero-order valence-corrected chi connectivity index (χ0v) is 6.90. The standard InChI is InChI=1S/C6H7ClN2S/c7-2-4-10-6-1-3-8-5-9-6/h1,3,5H,2,4H2. The molecule has 0 aromatic carbocycles. The Morgan fingerprint density at radius 3 is 3.10 bits per heavy atom. The van der Waals surface area contributed by atoms with E-state index in [4.69, 9.17) is 11.6 Å². The van der Waals surface area contributed by atoms with E-state index < -0.39 is 0 Å². The fourth-order valence-corrected chi connectivity index (χ4v) is 1.30. The van der Waals surface area contributed by atoms with Crippen LogP contribution in [0.2, 0.25) is 0 Å². The van der Waals surface area contributed by atoms with E-state index in [-0.39, 0.29) is 0 Å². The topological polar surface area (TPSA) is 25.8 Å². The van der Waals surface area contributed by atoms with Crippen molar-refractivity contribution in [1.29, 1.82) is 0 Å². The van der Waals surface area contributed by atoms with Gasteiger partial charge in [-0.25, -0.2) is 9.97 Å². The van der Waals surface area contributed by atoms with Crippen LogP contribution in [-0.2, 0) is 0 Å². The van der Waals surface area contributed by atoms with Crippen LogP contribution in [0.3, 0.4) is 0 Å². The van der Waals surface area contributed by atoms with Gasteiger partial charge in [0.25, 0.3) is 0 Å². The van der Waals surface area contributed by atoms with Crippen LogP contribution in [0, 0.1) is 0 Å². The number of nitrogens with zero attached hydrogens (tertiary/aromatic N) is 2. The summed E-state index contributed by atoms with van der Waals surface area (Å²) in [6, 6.07) is 1.87. The van der Waals surface area contributed by atoms with Gasteiger partial charge in [0.1, 0.15) is 6.33 Å². The zero-order valence-electron chi connectivity index (χ0n) is 5.33. The molecule has 4 heteroatoms. The van der Waals surface area contributed by atoms with Gasteiger partial charge in [-0.05, 0) is 6.07 Å². The third kappa shape index (κ3) is 2.54. The van der Waals surface area contributed by atoms with Crippen molar-refractivity contribution in [2.75, 3.05) is 11.6 Å². The number of alkyl halides is 1. The quantitative estimate of drug-likeness (QED) is 0.397. The molecule has 1 rings (SSSR count). The molecule has 0 saturated heterocycles. The molecule has 0 fully saturated rings. The van der Waals surface area contributed by atoms with E-state index in [2.05, 4.69) is 9.97 Å². The Labute approximate surface area is 69.0 Å². The van der Waals surface area contributed by atoms with Crippen LogP contribution in [-0.4, -0.2) is 21.6 Å². The van der Waals surface area contributed by atoms with Crippen molar-refractivity contribution in [1.82, 2.24) is 9.97 Å². The highest BCUT2D eigenvalue weighted by Crippen LogP contribution is 2.12. The zero-order chi connectivity index (χ0) is 7.23. The summed E-state index contributed by atoms with van der Waals surface area (Å²) in [6.07, 6.45) is 3.26. The summed E-state index contributed by atoms with van der Waals surface area (Å²) < 4.78 is 0. The summed E-state index contributed by atoms with van der Waals surface area (Å²) in [7, 11) is 0. The Kier molecular flexibility index (Phi) is 3.54. The second-order valence-corrected chi connectivity index (χ2v) is 3.08. The first-order valence-electron chi connectivity index (χ1n) is 2.88. The third-order valence-corrected chi connectivity index (χ3v) is 2.24. The van der Waals surface area contributed by atoms with Gasteiger partial charge in [0.05, 0.1) is 5.03 Å². The van der Waals surface area contributed by atoms with Crippen LogP contribution in [0.4, 0.5) is 0 Å². The molecule has 0 unspecified atom stereocenters. The van der Waals surface area contributed by atoms with E-state index in [9.17, 15) is 0 Å². The predicted octanol–water partition coefficient (Wildman–Crippen LogP) is 1.81. The molecular weight excluding hydrogens is 168 g/mol. The number of thioether (sulfide) groups is 1. The minimum Gasteiger partial charge on any atom is -0.245 e. The Morgan fingerprint density at radius 1 is 1.60 bits per heavy atom. The van der Waals surface area contributed by atoms with E-state index in [1.54, 1.807) is 18.0 Å². The van der Waals surface area contributed by atoms with Crippen molar-refractivity contribution in [3.05, 3.63) is 18.6 Å². The fourth-order valence-electron chi connectivity index (χ4n) is 0.507. The van der Waals surface area contributed by atoms with Crippen LogP contribution < -0.4 is 0 Å². The highest BCUT2D eigenvalue weighted by atomic mass is 35.5. The lowest BCUT2D eigenvalue weighted by molar-refractivity contribution is 1.05. The number of halogens is 1. The number of hydrogen-bond acceptors (Lipinski definition) is 3. The molecule has 0 radical (unpaired) electrons. The molecule has 54 valence electrons. The van der Waals surface area contributed by atoms with Crippen LogP contribution >= 0.6 is 23.4 Å². The van der Waals surface area contributed by atoms with Gasteiger partial charge in [-0.3, -0.25) is 0 Å². The molecular formula is C6H7ClN2S. The average Bonchev–Trinajstić information content (AvgIpc) is 2.03. The van der Waals surface area contributed by atoms with Gasteiger partial charge in [-0.1, -0.05) is 0 Å². The van der Waals surface area contributed by atoms with Crippen LogP contribution in [0.1, 0.15) is 0 Å². The van der Waals surface area contributed by atoms with Crippen molar-refractivity contribution in [3.63, 3.8) is 0 Å². The first-order valence-corrected chi connectivity index (χ1v) is 4.40. The first-order chi connectivity index (χ1) is 4.93. The molecule has 0 amide bonds. The molecule has 0 bridgehead atoms. The minimum absolute atomic E-state index is 0.661. The van der Waals surface area contributed by atoms with Crippen molar-refractivity contribution < 1.29 is 0 Å². The van der Waals surface area contributed by atoms with E-state index in [0.717, 1.165) is 10.8 Å². The first kappa shape index (κ1) is 7.82. The Morgan fingerprint density at radius 2 is 2.50 bits per heavy atom. The Hall–Kier alpha value is -0.280. The largest absolute Gasteiger partial charge is 0.245 e. The SMILES string of the molecule is ClCCSc1ccncn1. The normalized spacial score (nSPS) is 9.70. The maximum absolute atomic E-state index is 5.49. The molecule has 0 atom stereocenters. The summed E-state index contributed by atoms with van der Waals surface area (Å²) in [5.74, 6) is 1.56. The van der Waals surface area contributed by atoms with Gasteiger partial charge < -0.3 is 0 Å². The highest BCUT2D eigenvalue weighted by Gasteiger charge is 1.90. The molecule has 0 aliphatic heterocycles. The predicted molar refractivity (Wildman–Crippen MR) is 43.5 cm³/mol. The smallest absolute Gasteiger partial charge is 0.116 e. The molecule has 0 aliphatic rings. The van der Waals surface area contributed by atoms with E-state index >= 15 is 0 Å². The van der Waals surface area contributed by atoms with E-state index in [1.807, 2.05) is 6.07 Å². The highest BCUT2D eigenvalue weighted by molar-refractivity contribution is 7.99. The molecule has 0 spiro atoms. The van der Waals surface area contributed by atoms with E-state index in [1.165, 1.54) is 6.33 Å². The minimum atomic E-state index is 0.661. The lowest BCUT2D eigenvalue weighted by Gasteiger charge is -1.93. The summed E-state index contributed by atoms with van der Waals surface area (Å²) in [5.41, 5.74) is 0. The molecule has 2 nitrogen and oxygen atoms in total. The van der Waals surface area contributed by atoms with Gasteiger partial charge >= 0.3 is 0 Å². The number of hydrogen-bond donors (Lipinski definition) is 0. The molecule has 0 N–H and O–H groups in total. The van der Waals surface area contributed by atoms with Gasteiger partial charge in [-0.15, -0.1) is 23.4 Å². The molecule has 0 aliphatic carbocycles. The summed E-state index contributed by atoms with van der Waals surface area (Å²) in [4.78, 5) is 7.81. The fraction of sp³-hybridized carbons (Fsp3) is 0.333.